The Morgan fingerprint density at radius 1 is 1.45 bits per heavy atom. The van der Waals surface area contributed by atoms with Gasteiger partial charge in [-0.05, 0) is 32.0 Å². The summed E-state index contributed by atoms with van der Waals surface area (Å²) in [5.74, 6) is 0.897. The normalized spacial score (nSPS) is 13.3. The maximum atomic E-state index is 12.2. The molecule has 0 fully saturated rings. The van der Waals surface area contributed by atoms with Gasteiger partial charge in [0.25, 0.3) is 0 Å². The number of anilines is 1. The van der Waals surface area contributed by atoms with Crippen LogP contribution in [0.1, 0.15) is 24.6 Å². The van der Waals surface area contributed by atoms with Gasteiger partial charge in [0.05, 0.1) is 17.3 Å². The summed E-state index contributed by atoms with van der Waals surface area (Å²) in [7, 11) is -3.78. The van der Waals surface area contributed by atoms with Gasteiger partial charge in [-0.2, -0.15) is 4.72 Å². The van der Waals surface area contributed by atoms with Crippen molar-refractivity contribution in [2.75, 3.05) is 5.73 Å². The Morgan fingerprint density at radius 2 is 2.15 bits per heavy atom. The zero-order chi connectivity index (χ0) is 14.9. The Balaban J connectivity index is 2.27. The lowest BCUT2D eigenvalue weighted by Gasteiger charge is -2.12. The van der Waals surface area contributed by atoms with E-state index in [9.17, 15) is 8.42 Å². The van der Waals surface area contributed by atoms with E-state index in [0.29, 0.717) is 11.4 Å². The third kappa shape index (κ3) is 3.12. The first-order valence-corrected chi connectivity index (χ1v) is 7.65. The number of halogens is 1. The van der Waals surface area contributed by atoms with E-state index in [1.54, 1.807) is 13.8 Å². The van der Waals surface area contributed by atoms with Gasteiger partial charge < -0.3 is 10.2 Å². The number of hydrogen-bond acceptors (Lipinski definition) is 5. The Bertz CT molecular complexity index is 727. The molecule has 108 valence electrons. The van der Waals surface area contributed by atoms with E-state index in [0.717, 1.165) is 0 Å². The molecule has 1 atom stereocenters. The van der Waals surface area contributed by atoms with Gasteiger partial charge in [-0.15, -0.1) is 0 Å². The second-order valence-electron chi connectivity index (χ2n) is 4.34. The summed E-state index contributed by atoms with van der Waals surface area (Å²) in [5, 5.41) is 0.0632. The van der Waals surface area contributed by atoms with Gasteiger partial charge in [-0.3, -0.25) is 0 Å². The lowest BCUT2D eigenvalue weighted by atomic mass is 10.3. The number of rotatable bonds is 4. The zero-order valence-electron chi connectivity index (χ0n) is 10.9. The van der Waals surface area contributed by atoms with Crippen LogP contribution in [-0.2, 0) is 10.0 Å². The standard InChI is InChI=1S/C12H14ClN3O3S/c1-7-6-15-12(19-7)8(2)16-20(17,18)11-4-3-9(14)5-10(11)13/h3-6,8,16H,14H2,1-2H3. The van der Waals surface area contributed by atoms with Crippen LogP contribution in [0.15, 0.2) is 33.7 Å². The summed E-state index contributed by atoms with van der Waals surface area (Å²) >= 11 is 5.91. The van der Waals surface area contributed by atoms with Crippen molar-refractivity contribution in [2.24, 2.45) is 0 Å². The van der Waals surface area contributed by atoms with E-state index >= 15 is 0 Å². The number of hydrogen-bond donors (Lipinski definition) is 2. The molecule has 2 rings (SSSR count). The van der Waals surface area contributed by atoms with Crippen molar-refractivity contribution in [3.8, 4) is 0 Å². The van der Waals surface area contributed by atoms with Crippen LogP contribution in [-0.4, -0.2) is 13.4 Å². The monoisotopic (exact) mass is 315 g/mol. The minimum absolute atomic E-state index is 0.0384. The van der Waals surface area contributed by atoms with Crippen molar-refractivity contribution in [2.45, 2.75) is 24.8 Å². The van der Waals surface area contributed by atoms with Gasteiger partial charge in [-0.25, -0.2) is 13.4 Å². The fourth-order valence-electron chi connectivity index (χ4n) is 1.65. The number of oxazole rings is 1. The summed E-state index contributed by atoms with van der Waals surface area (Å²) in [6, 6.07) is 3.60. The van der Waals surface area contributed by atoms with Crippen molar-refractivity contribution >= 4 is 27.3 Å². The maximum Gasteiger partial charge on any atom is 0.242 e. The van der Waals surface area contributed by atoms with Crippen LogP contribution in [0.4, 0.5) is 5.69 Å². The van der Waals surface area contributed by atoms with Gasteiger partial charge in [0.15, 0.2) is 0 Å². The molecule has 1 unspecified atom stereocenters. The van der Waals surface area contributed by atoms with E-state index in [2.05, 4.69) is 9.71 Å². The molecule has 0 aliphatic rings. The summed E-state index contributed by atoms with van der Waals surface area (Å²) < 4.78 is 32.2. The molecule has 0 bridgehead atoms. The van der Waals surface area contributed by atoms with Crippen molar-refractivity contribution in [3.05, 3.63) is 41.1 Å². The van der Waals surface area contributed by atoms with E-state index in [1.807, 2.05) is 0 Å². The van der Waals surface area contributed by atoms with Crippen molar-refractivity contribution in [1.29, 1.82) is 0 Å². The lowest BCUT2D eigenvalue weighted by Crippen LogP contribution is -2.27. The molecule has 3 N–H and O–H groups in total. The van der Waals surface area contributed by atoms with E-state index < -0.39 is 16.1 Å². The number of nitrogens with zero attached hydrogens (tertiary/aromatic N) is 1. The number of nitrogens with two attached hydrogens (primary N) is 1. The zero-order valence-corrected chi connectivity index (χ0v) is 12.5. The largest absolute Gasteiger partial charge is 0.444 e. The first kappa shape index (κ1) is 14.8. The van der Waals surface area contributed by atoms with E-state index in [1.165, 1.54) is 24.4 Å². The van der Waals surface area contributed by atoms with Crippen molar-refractivity contribution in [3.63, 3.8) is 0 Å². The topological polar surface area (TPSA) is 98.2 Å². The molecule has 2 aromatic rings. The van der Waals surface area contributed by atoms with E-state index in [-0.39, 0.29) is 15.8 Å². The van der Waals surface area contributed by atoms with Crippen LogP contribution in [0.3, 0.4) is 0 Å². The van der Waals surface area contributed by atoms with Crippen LogP contribution in [0, 0.1) is 6.92 Å². The van der Waals surface area contributed by atoms with Crippen LogP contribution < -0.4 is 10.5 Å². The fraction of sp³-hybridized carbons (Fsp3) is 0.250. The Morgan fingerprint density at radius 3 is 2.70 bits per heavy atom. The minimum Gasteiger partial charge on any atom is -0.444 e. The number of aromatic nitrogens is 1. The van der Waals surface area contributed by atoms with Gasteiger partial charge >= 0.3 is 0 Å². The third-order valence-corrected chi connectivity index (χ3v) is 4.61. The fourth-order valence-corrected chi connectivity index (χ4v) is 3.40. The van der Waals surface area contributed by atoms with Crippen LogP contribution in [0.25, 0.3) is 0 Å². The Hall–Kier alpha value is -1.57. The molecule has 1 aromatic carbocycles. The van der Waals surface area contributed by atoms with Gasteiger partial charge in [0.2, 0.25) is 15.9 Å². The molecule has 0 amide bonds. The minimum atomic E-state index is -3.78. The molecule has 0 saturated heterocycles. The van der Waals surface area contributed by atoms with Gasteiger partial charge in [0.1, 0.15) is 10.7 Å². The van der Waals surface area contributed by atoms with E-state index in [4.69, 9.17) is 21.8 Å². The first-order chi connectivity index (χ1) is 9.29. The predicted octanol–water partition coefficient (Wildman–Crippen LogP) is 2.26. The van der Waals surface area contributed by atoms with Crippen molar-refractivity contribution < 1.29 is 12.8 Å². The number of sulfonamides is 1. The van der Waals surface area contributed by atoms with Crippen molar-refractivity contribution in [1.82, 2.24) is 9.71 Å². The molecule has 0 spiro atoms. The lowest BCUT2D eigenvalue weighted by molar-refractivity contribution is 0.428. The molecule has 0 aliphatic carbocycles. The highest BCUT2D eigenvalue weighted by Crippen LogP contribution is 2.25. The second kappa shape index (κ2) is 5.43. The van der Waals surface area contributed by atoms with Gasteiger partial charge in [-0.1, -0.05) is 11.6 Å². The summed E-state index contributed by atoms with van der Waals surface area (Å²) in [5.41, 5.74) is 5.93. The average Bonchev–Trinajstić information content (AvgIpc) is 2.74. The summed E-state index contributed by atoms with van der Waals surface area (Å²) in [6.07, 6.45) is 1.52. The molecular weight excluding hydrogens is 302 g/mol. The number of benzene rings is 1. The molecule has 1 aromatic heterocycles. The Labute approximate surface area is 122 Å². The van der Waals surface area contributed by atoms with Gasteiger partial charge in [0, 0.05) is 5.69 Å². The molecule has 0 aliphatic heterocycles. The predicted molar refractivity (Wildman–Crippen MR) is 75.8 cm³/mol. The molecule has 20 heavy (non-hydrogen) atoms. The molecule has 1 heterocycles. The average molecular weight is 316 g/mol. The smallest absolute Gasteiger partial charge is 0.242 e. The molecule has 8 heteroatoms. The van der Waals surface area contributed by atoms with Crippen LogP contribution in [0.2, 0.25) is 5.02 Å². The molecule has 6 nitrogen and oxygen atoms in total. The molecule has 0 radical (unpaired) electrons. The quantitative estimate of drug-likeness (QED) is 0.843. The summed E-state index contributed by atoms with van der Waals surface area (Å²) in [4.78, 5) is 3.95. The second-order valence-corrected chi connectivity index (χ2v) is 6.43. The number of nitrogens with one attached hydrogen (secondary N) is 1. The van der Waals surface area contributed by atoms with Crippen LogP contribution in [0.5, 0.6) is 0 Å². The first-order valence-electron chi connectivity index (χ1n) is 5.79. The Kier molecular flexibility index (Phi) is 4.03. The SMILES string of the molecule is Cc1cnc(C(C)NS(=O)(=O)c2ccc(N)cc2Cl)o1. The highest BCUT2D eigenvalue weighted by atomic mass is 35.5. The third-order valence-electron chi connectivity index (χ3n) is 2.59. The number of nitrogen functional groups attached to an aromatic ring is 1. The maximum absolute atomic E-state index is 12.2. The highest BCUT2D eigenvalue weighted by molar-refractivity contribution is 7.89. The molecular formula is C12H14ClN3O3S. The van der Waals surface area contributed by atoms with Crippen LogP contribution >= 0.6 is 11.6 Å². The number of aryl methyl sites for hydroxylation is 1. The highest BCUT2D eigenvalue weighted by Gasteiger charge is 2.23. The molecule has 0 saturated carbocycles. The summed E-state index contributed by atoms with van der Waals surface area (Å²) in [6.45, 7) is 3.36.